The molecule has 0 aliphatic heterocycles. The molecule has 0 spiro atoms. The first-order valence-electron chi connectivity index (χ1n) is 6.30. The quantitative estimate of drug-likeness (QED) is 0.692. The van der Waals surface area contributed by atoms with Gasteiger partial charge in [0.1, 0.15) is 5.82 Å². The molecule has 3 aromatic rings. The average molecular weight is 287 g/mol. The Hall–Kier alpha value is -2.97. The predicted octanol–water partition coefficient (Wildman–Crippen LogP) is 0.377. The van der Waals surface area contributed by atoms with Crippen LogP contribution in [0.1, 0.15) is 23.2 Å². The zero-order chi connectivity index (χ0) is 15.0. The van der Waals surface area contributed by atoms with Crippen molar-refractivity contribution in [3.63, 3.8) is 0 Å². The van der Waals surface area contributed by atoms with Crippen molar-refractivity contribution in [3.05, 3.63) is 30.1 Å². The summed E-state index contributed by atoms with van der Waals surface area (Å²) >= 11 is 0. The van der Waals surface area contributed by atoms with Crippen molar-refractivity contribution in [1.29, 1.82) is 0 Å². The molecule has 0 aliphatic rings. The molecule has 0 unspecified atom stereocenters. The molecule has 0 radical (unpaired) electrons. The van der Waals surface area contributed by atoms with Crippen LogP contribution in [0.2, 0.25) is 0 Å². The summed E-state index contributed by atoms with van der Waals surface area (Å²) in [6, 6.07) is 0. The molecule has 0 saturated carbocycles. The minimum atomic E-state index is -0.571. The second-order valence-corrected chi connectivity index (χ2v) is 4.29. The Labute approximate surface area is 119 Å². The van der Waals surface area contributed by atoms with Crippen molar-refractivity contribution in [2.75, 3.05) is 12.3 Å². The van der Waals surface area contributed by atoms with Gasteiger partial charge in [0, 0.05) is 12.4 Å². The van der Waals surface area contributed by atoms with Crippen LogP contribution in [0.3, 0.4) is 0 Å². The van der Waals surface area contributed by atoms with E-state index in [1.165, 1.54) is 10.9 Å². The van der Waals surface area contributed by atoms with Gasteiger partial charge in [0.05, 0.1) is 18.5 Å². The van der Waals surface area contributed by atoms with E-state index in [1.54, 1.807) is 23.7 Å². The third kappa shape index (κ3) is 2.08. The topological polar surface area (TPSA) is 113 Å². The number of nitrogens with zero attached hydrogens (tertiary/aromatic N) is 6. The van der Waals surface area contributed by atoms with E-state index < -0.39 is 5.97 Å². The molecule has 3 aromatic heterocycles. The Kier molecular flexibility index (Phi) is 3.01. The standard InChI is InChI=1S/C12H13N7O2/c1-3-21-12(20)9-8(13)6-19(17-9)10-11-16-15-7(2)18(11)5-4-14-10/h4-6H,3,13H2,1-2H3. The summed E-state index contributed by atoms with van der Waals surface area (Å²) in [6.45, 7) is 3.79. The van der Waals surface area contributed by atoms with Gasteiger partial charge in [-0.3, -0.25) is 4.40 Å². The first kappa shape index (κ1) is 13.0. The number of nitrogen functional groups attached to an aromatic ring is 1. The smallest absolute Gasteiger partial charge is 0.361 e. The molecule has 0 atom stereocenters. The minimum Gasteiger partial charge on any atom is -0.461 e. The largest absolute Gasteiger partial charge is 0.461 e. The van der Waals surface area contributed by atoms with E-state index in [4.69, 9.17) is 10.5 Å². The van der Waals surface area contributed by atoms with Gasteiger partial charge >= 0.3 is 5.97 Å². The maximum absolute atomic E-state index is 11.7. The zero-order valence-corrected chi connectivity index (χ0v) is 11.5. The van der Waals surface area contributed by atoms with Crippen LogP contribution in [0, 0.1) is 6.92 Å². The molecule has 108 valence electrons. The van der Waals surface area contributed by atoms with E-state index in [0.717, 1.165) is 5.82 Å². The number of esters is 1. The highest BCUT2D eigenvalue weighted by Crippen LogP contribution is 2.16. The summed E-state index contributed by atoms with van der Waals surface area (Å²) in [5.74, 6) is 0.582. The first-order chi connectivity index (χ1) is 10.1. The van der Waals surface area contributed by atoms with Gasteiger partial charge in [0.25, 0.3) is 0 Å². The molecule has 0 aromatic carbocycles. The second-order valence-electron chi connectivity index (χ2n) is 4.29. The van der Waals surface area contributed by atoms with E-state index in [-0.39, 0.29) is 18.0 Å². The number of anilines is 1. The summed E-state index contributed by atoms with van der Waals surface area (Å²) in [7, 11) is 0. The third-order valence-electron chi connectivity index (χ3n) is 2.91. The van der Waals surface area contributed by atoms with Crippen LogP contribution in [-0.4, -0.2) is 41.9 Å². The number of hydrogen-bond acceptors (Lipinski definition) is 7. The number of aryl methyl sites for hydroxylation is 1. The minimum absolute atomic E-state index is 0.0527. The summed E-state index contributed by atoms with van der Waals surface area (Å²) in [4.78, 5) is 16.0. The fourth-order valence-corrected chi connectivity index (χ4v) is 1.94. The summed E-state index contributed by atoms with van der Waals surface area (Å²) < 4.78 is 8.06. The molecule has 3 heterocycles. The summed E-state index contributed by atoms with van der Waals surface area (Å²) in [6.07, 6.45) is 4.84. The Bertz CT molecular complexity index is 820. The van der Waals surface area contributed by atoms with Crippen molar-refractivity contribution in [1.82, 2.24) is 29.4 Å². The van der Waals surface area contributed by atoms with Crippen LogP contribution in [0.4, 0.5) is 5.69 Å². The SMILES string of the molecule is CCOC(=O)c1nn(-c2nccn3c(C)nnc23)cc1N. The number of carbonyl (C=O) groups excluding carboxylic acids is 1. The monoisotopic (exact) mass is 287 g/mol. The highest BCUT2D eigenvalue weighted by atomic mass is 16.5. The molecular formula is C12H13N7O2. The highest BCUT2D eigenvalue weighted by Gasteiger charge is 2.19. The van der Waals surface area contributed by atoms with Crippen LogP contribution in [0.25, 0.3) is 11.5 Å². The Morgan fingerprint density at radius 1 is 1.43 bits per heavy atom. The lowest BCUT2D eigenvalue weighted by atomic mass is 10.4. The maximum Gasteiger partial charge on any atom is 0.361 e. The molecule has 9 nitrogen and oxygen atoms in total. The Morgan fingerprint density at radius 3 is 3.00 bits per heavy atom. The summed E-state index contributed by atoms with van der Waals surface area (Å²) in [5, 5.41) is 12.2. The third-order valence-corrected chi connectivity index (χ3v) is 2.91. The Morgan fingerprint density at radius 2 is 2.24 bits per heavy atom. The van der Waals surface area contributed by atoms with Crippen LogP contribution < -0.4 is 5.73 Å². The molecule has 0 saturated heterocycles. The van der Waals surface area contributed by atoms with E-state index in [0.29, 0.717) is 11.5 Å². The lowest BCUT2D eigenvalue weighted by Crippen LogP contribution is -2.09. The van der Waals surface area contributed by atoms with E-state index in [9.17, 15) is 4.79 Å². The van der Waals surface area contributed by atoms with Gasteiger partial charge in [-0.25, -0.2) is 14.5 Å². The van der Waals surface area contributed by atoms with Gasteiger partial charge in [-0.1, -0.05) is 0 Å². The van der Waals surface area contributed by atoms with Gasteiger partial charge in [0.15, 0.2) is 11.5 Å². The van der Waals surface area contributed by atoms with Crippen LogP contribution in [0.15, 0.2) is 18.6 Å². The normalized spacial score (nSPS) is 11.0. The average Bonchev–Trinajstić information content (AvgIpc) is 3.03. The lowest BCUT2D eigenvalue weighted by Gasteiger charge is -2.01. The molecule has 0 fully saturated rings. The number of carbonyl (C=O) groups is 1. The number of ether oxygens (including phenoxy) is 1. The van der Waals surface area contributed by atoms with E-state index in [2.05, 4.69) is 20.3 Å². The molecule has 0 aliphatic carbocycles. The Balaban J connectivity index is 2.11. The van der Waals surface area contributed by atoms with Gasteiger partial charge in [-0.05, 0) is 13.8 Å². The number of aromatic nitrogens is 6. The molecule has 0 amide bonds. The molecule has 21 heavy (non-hydrogen) atoms. The molecule has 3 rings (SSSR count). The first-order valence-corrected chi connectivity index (χ1v) is 6.30. The molecular weight excluding hydrogens is 274 g/mol. The van der Waals surface area contributed by atoms with Gasteiger partial charge in [-0.15, -0.1) is 10.2 Å². The fraction of sp³-hybridized carbons (Fsp3) is 0.250. The number of rotatable bonds is 3. The second kappa shape index (κ2) is 4.85. The van der Waals surface area contributed by atoms with Crippen molar-refractivity contribution in [3.8, 4) is 5.82 Å². The lowest BCUT2D eigenvalue weighted by molar-refractivity contribution is 0.0520. The van der Waals surface area contributed by atoms with Gasteiger partial charge in [-0.2, -0.15) is 5.10 Å². The zero-order valence-electron chi connectivity index (χ0n) is 11.5. The van der Waals surface area contributed by atoms with Gasteiger partial charge < -0.3 is 10.5 Å². The van der Waals surface area contributed by atoms with E-state index in [1.807, 2.05) is 6.92 Å². The maximum atomic E-state index is 11.7. The van der Waals surface area contributed by atoms with Crippen LogP contribution in [-0.2, 0) is 4.74 Å². The number of fused-ring (bicyclic) bond motifs is 1. The van der Waals surface area contributed by atoms with Crippen LogP contribution >= 0.6 is 0 Å². The number of nitrogens with two attached hydrogens (primary N) is 1. The molecule has 2 N–H and O–H groups in total. The predicted molar refractivity (Wildman–Crippen MR) is 73.0 cm³/mol. The highest BCUT2D eigenvalue weighted by molar-refractivity contribution is 5.92. The molecule has 9 heteroatoms. The van der Waals surface area contributed by atoms with Crippen molar-refractivity contribution in [2.45, 2.75) is 13.8 Å². The van der Waals surface area contributed by atoms with E-state index >= 15 is 0 Å². The van der Waals surface area contributed by atoms with Crippen molar-refractivity contribution in [2.24, 2.45) is 0 Å². The van der Waals surface area contributed by atoms with Crippen LogP contribution in [0.5, 0.6) is 0 Å². The summed E-state index contributed by atoms with van der Waals surface area (Å²) in [5.41, 5.74) is 6.59. The van der Waals surface area contributed by atoms with Crippen molar-refractivity contribution < 1.29 is 9.53 Å². The van der Waals surface area contributed by atoms with Gasteiger partial charge in [0.2, 0.25) is 5.65 Å². The van der Waals surface area contributed by atoms with Crippen molar-refractivity contribution >= 4 is 17.3 Å². The fourth-order valence-electron chi connectivity index (χ4n) is 1.94. The number of hydrogen-bond donors (Lipinski definition) is 1. The molecule has 0 bridgehead atoms.